The third kappa shape index (κ3) is 5.93. The number of aliphatic carboxylic acids is 1. The van der Waals surface area contributed by atoms with E-state index in [0.29, 0.717) is 6.42 Å². The van der Waals surface area contributed by atoms with Gasteiger partial charge in [0, 0.05) is 13.0 Å². The Bertz CT molecular complexity index is 434. The summed E-state index contributed by atoms with van der Waals surface area (Å²) in [6, 6.07) is -0.418. The van der Waals surface area contributed by atoms with Gasteiger partial charge in [-0.3, -0.25) is 9.59 Å². The molecule has 0 aliphatic carbocycles. The third-order valence-electron chi connectivity index (χ3n) is 4.27. The summed E-state index contributed by atoms with van der Waals surface area (Å²) in [4.78, 5) is 25.1. The van der Waals surface area contributed by atoms with Gasteiger partial charge in [-0.05, 0) is 25.9 Å². The number of carbonyl (C=O) groups is 2. The number of aliphatic hydroxyl groups excluding tert-OH is 1. The Morgan fingerprint density at radius 2 is 1.96 bits per heavy atom. The number of hydrogen-bond acceptors (Lipinski definition) is 5. The quantitative estimate of drug-likeness (QED) is 0.576. The monoisotopic (exact) mass is 326 g/mol. The van der Waals surface area contributed by atoms with Crippen molar-refractivity contribution in [2.75, 3.05) is 26.2 Å². The van der Waals surface area contributed by atoms with Crippen LogP contribution in [-0.2, 0) is 14.3 Å². The molecule has 0 bridgehead atoms. The molecule has 2 heterocycles. The first-order valence-electron chi connectivity index (χ1n) is 8.26. The molecule has 1 amide bonds. The van der Waals surface area contributed by atoms with E-state index in [4.69, 9.17) is 9.84 Å². The van der Waals surface area contributed by atoms with Crippen LogP contribution in [0.3, 0.4) is 0 Å². The predicted molar refractivity (Wildman–Crippen MR) is 84.0 cm³/mol. The predicted octanol–water partition coefficient (Wildman–Crippen LogP) is 0.138. The van der Waals surface area contributed by atoms with E-state index < -0.39 is 24.2 Å². The Hall–Kier alpha value is -1.44. The van der Waals surface area contributed by atoms with Gasteiger partial charge >= 0.3 is 5.97 Å². The lowest BCUT2D eigenvalue weighted by atomic mass is 10.0. The normalized spacial score (nSPS) is 28.5. The molecule has 0 aromatic rings. The van der Waals surface area contributed by atoms with Crippen molar-refractivity contribution >= 4 is 11.9 Å². The van der Waals surface area contributed by atoms with E-state index in [0.717, 1.165) is 19.6 Å². The fourth-order valence-electron chi connectivity index (χ4n) is 3.01. The van der Waals surface area contributed by atoms with E-state index in [9.17, 15) is 14.7 Å². The lowest BCUT2D eigenvalue weighted by molar-refractivity contribution is -0.142. The number of carboxylic acid groups (broad SMARTS) is 1. The summed E-state index contributed by atoms with van der Waals surface area (Å²) in [6.45, 7) is 2.58. The molecule has 7 nitrogen and oxygen atoms in total. The summed E-state index contributed by atoms with van der Waals surface area (Å²) in [5.74, 6) is -1.04. The van der Waals surface area contributed by atoms with Crippen LogP contribution in [0.2, 0.25) is 0 Å². The molecule has 0 aromatic heterocycles. The molecule has 2 aliphatic heterocycles. The van der Waals surface area contributed by atoms with Crippen LogP contribution in [0, 0.1) is 0 Å². The standard InChI is InChI=1S/C16H26N2O5/c19-11-14-13(5-4-12(23-14)10-16(21)22)17-15(20)6-9-18-7-2-1-3-8-18/h4-5,12-14,19H,1-3,6-11H2,(H,17,20)(H,21,22)/t12-,13-,14-/m1/s1. The second kappa shape index (κ2) is 9.00. The van der Waals surface area contributed by atoms with Gasteiger partial charge in [-0.2, -0.15) is 0 Å². The molecule has 1 saturated heterocycles. The van der Waals surface area contributed by atoms with E-state index in [1.54, 1.807) is 12.2 Å². The summed E-state index contributed by atoms with van der Waals surface area (Å²) in [6.07, 6.45) is 6.10. The lowest BCUT2D eigenvalue weighted by Gasteiger charge is -2.31. The van der Waals surface area contributed by atoms with Gasteiger partial charge in [0.05, 0.1) is 25.2 Å². The van der Waals surface area contributed by atoms with Crippen molar-refractivity contribution in [1.29, 1.82) is 0 Å². The van der Waals surface area contributed by atoms with Crippen molar-refractivity contribution in [3.05, 3.63) is 12.2 Å². The van der Waals surface area contributed by atoms with Gasteiger partial charge in [-0.25, -0.2) is 0 Å². The van der Waals surface area contributed by atoms with Crippen LogP contribution in [0.1, 0.15) is 32.1 Å². The van der Waals surface area contributed by atoms with E-state index >= 15 is 0 Å². The number of amides is 1. The molecule has 130 valence electrons. The fourth-order valence-corrected chi connectivity index (χ4v) is 3.01. The van der Waals surface area contributed by atoms with Gasteiger partial charge in [-0.1, -0.05) is 18.6 Å². The maximum Gasteiger partial charge on any atom is 0.306 e. The van der Waals surface area contributed by atoms with Crippen LogP contribution in [0.4, 0.5) is 0 Å². The molecule has 0 saturated carbocycles. The average Bonchev–Trinajstić information content (AvgIpc) is 2.55. The minimum atomic E-state index is -0.958. The van der Waals surface area contributed by atoms with Crippen LogP contribution in [0.25, 0.3) is 0 Å². The van der Waals surface area contributed by atoms with E-state index in [2.05, 4.69) is 10.2 Å². The number of nitrogens with zero attached hydrogens (tertiary/aromatic N) is 1. The van der Waals surface area contributed by atoms with Crippen molar-refractivity contribution in [3.8, 4) is 0 Å². The Kier molecular flexibility index (Phi) is 7.01. The van der Waals surface area contributed by atoms with Crippen molar-refractivity contribution in [1.82, 2.24) is 10.2 Å². The highest BCUT2D eigenvalue weighted by Gasteiger charge is 2.29. The Morgan fingerprint density at radius 1 is 1.22 bits per heavy atom. The summed E-state index contributed by atoms with van der Waals surface area (Å²) in [5, 5.41) is 21.0. The maximum absolute atomic E-state index is 12.1. The first-order chi connectivity index (χ1) is 11.1. The maximum atomic E-state index is 12.1. The summed E-state index contributed by atoms with van der Waals surface area (Å²) >= 11 is 0. The molecule has 2 rings (SSSR count). The zero-order chi connectivity index (χ0) is 16.7. The fraction of sp³-hybridized carbons (Fsp3) is 0.750. The van der Waals surface area contributed by atoms with Crippen molar-refractivity contribution in [3.63, 3.8) is 0 Å². The van der Waals surface area contributed by atoms with Gasteiger partial charge in [0.25, 0.3) is 0 Å². The first kappa shape index (κ1) is 17.9. The van der Waals surface area contributed by atoms with Gasteiger partial charge in [-0.15, -0.1) is 0 Å². The number of aliphatic hydroxyl groups is 1. The highest BCUT2D eigenvalue weighted by molar-refractivity contribution is 5.76. The largest absolute Gasteiger partial charge is 0.481 e. The Labute approximate surface area is 136 Å². The van der Waals surface area contributed by atoms with E-state index in [-0.39, 0.29) is 18.9 Å². The van der Waals surface area contributed by atoms with E-state index in [1.165, 1.54) is 19.3 Å². The van der Waals surface area contributed by atoms with Crippen LogP contribution < -0.4 is 5.32 Å². The Balaban J connectivity index is 1.78. The first-order valence-corrected chi connectivity index (χ1v) is 8.26. The Morgan fingerprint density at radius 3 is 2.61 bits per heavy atom. The lowest BCUT2D eigenvalue weighted by Crippen LogP contribution is -2.49. The number of piperidine rings is 1. The second-order valence-corrected chi connectivity index (χ2v) is 6.12. The zero-order valence-corrected chi connectivity index (χ0v) is 13.3. The molecule has 2 aliphatic rings. The second-order valence-electron chi connectivity index (χ2n) is 6.12. The van der Waals surface area contributed by atoms with Crippen LogP contribution in [0.5, 0.6) is 0 Å². The number of ether oxygens (including phenoxy) is 1. The molecule has 3 N–H and O–H groups in total. The molecule has 7 heteroatoms. The van der Waals surface area contributed by atoms with Crippen molar-refractivity contribution < 1.29 is 24.5 Å². The van der Waals surface area contributed by atoms with Crippen molar-refractivity contribution in [2.24, 2.45) is 0 Å². The van der Waals surface area contributed by atoms with Crippen molar-refractivity contribution in [2.45, 2.75) is 50.4 Å². The highest BCUT2D eigenvalue weighted by atomic mass is 16.5. The number of likely N-dealkylation sites (tertiary alicyclic amines) is 1. The molecule has 0 spiro atoms. The molecule has 0 radical (unpaired) electrons. The van der Waals surface area contributed by atoms with Crippen LogP contribution in [0.15, 0.2) is 12.2 Å². The number of nitrogens with one attached hydrogen (secondary N) is 1. The smallest absolute Gasteiger partial charge is 0.306 e. The molecule has 0 aromatic carbocycles. The molecule has 0 unspecified atom stereocenters. The third-order valence-corrected chi connectivity index (χ3v) is 4.27. The summed E-state index contributed by atoms with van der Waals surface area (Å²) in [5.41, 5.74) is 0. The number of carbonyl (C=O) groups excluding carboxylic acids is 1. The molecular weight excluding hydrogens is 300 g/mol. The highest BCUT2D eigenvalue weighted by Crippen LogP contribution is 2.16. The van der Waals surface area contributed by atoms with E-state index in [1.807, 2.05) is 0 Å². The summed E-state index contributed by atoms with van der Waals surface area (Å²) in [7, 11) is 0. The number of carboxylic acids is 1. The van der Waals surface area contributed by atoms with Crippen LogP contribution >= 0.6 is 0 Å². The van der Waals surface area contributed by atoms with Crippen LogP contribution in [-0.4, -0.2) is 71.5 Å². The molecule has 1 fully saturated rings. The summed E-state index contributed by atoms with van der Waals surface area (Å²) < 4.78 is 5.51. The average molecular weight is 326 g/mol. The molecular formula is C16H26N2O5. The number of hydrogen-bond donors (Lipinski definition) is 3. The van der Waals surface area contributed by atoms with Gasteiger partial charge in [0.1, 0.15) is 6.10 Å². The van der Waals surface area contributed by atoms with Gasteiger partial charge in [0.15, 0.2) is 0 Å². The SMILES string of the molecule is O=C(O)C[C@H]1C=C[C@@H](NC(=O)CCN2CCCCC2)[C@@H](CO)O1. The molecule has 3 atom stereocenters. The van der Waals surface area contributed by atoms with Gasteiger partial charge < -0.3 is 25.2 Å². The minimum Gasteiger partial charge on any atom is -0.481 e. The number of rotatable bonds is 7. The zero-order valence-electron chi connectivity index (χ0n) is 13.3. The molecule has 23 heavy (non-hydrogen) atoms. The topological polar surface area (TPSA) is 99.1 Å². The van der Waals surface area contributed by atoms with Gasteiger partial charge in [0.2, 0.25) is 5.91 Å². The minimum absolute atomic E-state index is 0.0797.